The van der Waals surface area contributed by atoms with Gasteiger partial charge in [-0.05, 0) is 54.6 Å². The molecule has 0 radical (unpaired) electrons. The molecule has 0 spiro atoms. The number of aromatic nitrogens is 4. The van der Waals surface area contributed by atoms with Gasteiger partial charge in [-0.2, -0.15) is 0 Å². The van der Waals surface area contributed by atoms with Gasteiger partial charge in [-0.25, -0.2) is 14.4 Å². The van der Waals surface area contributed by atoms with Gasteiger partial charge in [0, 0.05) is 45.5 Å². The molecule has 1 aliphatic rings. The van der Waals surface area contributed by atoms with E-state index in [1.807, 2.05) is 32.1 Å². The lowest BCUT2D eigenvalue weighted by atomic mass is 9.97. The molecular formula is C29H41N7O3. The van der Waals surface area contributed by atoms with Gasteiger partial charge in [0.15, 0.2) is 11.5 Å². The molecule has 210 valence electrons. The van der Waals surface area contributed by atoms with Crippen molar-refractivity contribution in [1.82, 2.24) is 29.2 Å². The van der Waals surface area contributed by atoms with Crippen molar-refractivity contribution in [2.45, 2.75) is 54.5 Å². The first-order chi connectivity index (χ1) is 18.5. The van der Waals surface area contributed by atoms with Crippen molar-refractivity contribution in [2.24, 2.45) is 17.5 Å². The van der Waals surface area contributed by atoms with Gasteiger partial charge in [0.1, 0.15) is 6.20 Å². The van der Waals surface area contributed by atoms with E-state index in [0.717, 1.165) is 23.4 Å². The Labute approximate surface area is 230 Å². The smallest absolute Gasteiger partial charge is 0.329 e. The van der Waals surface area contributed by atoms with Crippen LogP contribution < -0.4 is 5.69 Å². The second-order valence-electron chi connectivity index (χ2n) is 10.9. The van der Waals surface area contributed by atoms with Crippen LogP contribution >= 0.6 is 0 Å². The molecule has 1 aliphatic heterocycles. The van der Waals surface area contributed by atoms with Gasteiger partial charge < -0.3 is 9.80 Å². The molecule has 0 aliphatic carbocycles. The summed E-state index contributed by atoms with van der Waals surface area (Å²) in [7, 11) is 1.75. The lowest BCUT2D eigenvalue weighted by Crippen LogP contribution is -2.48. The third kappa shape index (κ3) is 7.34. The zero-order chi connectivity index (χ0) is 28.7. The number of aliphatic imine (C=N–C) groups is 1. The van der Waals surface area contributed by atoms with Crippen LogP contribution in [-0.4, -0.2) is 67.0 Å². The fraction of sp³-hybridized carbons (Fsp3) is 0.483. The fourth-order valence-corrected chi connectivity index (χ4v) is 4.41. The van der Waals surface area contributed by atoms with Crippen molar-refractivity contribution >= 4 is 17.4 Å². The molecule has 1 amide bonds. The molecule has 3 heterocycles. The Morgan fingerprint density at radius 2 is 1.85 bits per heavy atom. The van der Waals surface area contributed by atoms with Gasteiger partial charge in [-0.3, -0.25) is 13.9 Å². The minimum atomic E-state index is -0.183. The Hall–Kier alpha value is -3.95. The van der Waals surface area contributed by atoms with E-state index in [1.165, 1.54) is 6.20 Å². The molecule has 2 aromatic heterocycles. The van der Waals surface area contributed by atoms with E-state index in [4.69, 9.17) is 4.99 Å². The molecule has 0 N–H and O–H groups in total. The average molecular weight is 536 g/mol. The molecule has 0 aromatic carbocycles. The number of carbonyl (C=O) groups excluding carboxylic acids is 1. The summed E-state index contributed by atoms with van der Waals surface area (Å²) in [6.45, 7) is 19.6. The number of amides is 1. The molecule has 10 heteroatoms. The zero-order valence-corrected chi connectivity index (χ0v) is 24.3. The van der Waals surface area contributed by atoms with E-state index >= 15 is 0 Å². The summed E-state index contributed by atoms with van der Waals surface area (Å²) < 4.78 is 7.96. The Bertz CT molecular complexity index is 1340. The van der Waals surface area contributed by atoms with Gasteiger partial charge in [-0.1, -0.05) is 51.6 Å². The zero-order valence-electron chi connectivity index (χ0n) is 24.3. The molecule has 0 bridgehead atoms. The highest BCUT2D eigenvalue weighted by Crippen LogP contribution is 2.23. The summed E-state index contributed by atoms with van der Waals surface area (Å²) in [5.74, 6) is 0.434. The minimum Gasteiger partial charge on any atom is -0.368 e. The van der Waals surface area contributed by atoms with Crippen LogP contribution in [0.25, 0.3) is 0 Å². The molecule has 3 rings (SSSR count). The van der Waals surface area contributed by atoms with Crippen molar-refractivity contribution in [2.75, 3.05) is 26.2 Å². The first kappa shape index (κ1) is 29.6. The number of allylic oxidation sites excluding steroid dienone is 6. The summed E-state index contributed by atoms with van der Waals surface area (Å²) >= 11 is 0. The maximum Gasteiger partial charge on any atom is 0.329 e. The standard InChI is InChI=1S/C29H41N7O3/c1-9-11-13-23(34-14-16-35(17-15-34)27(37)25-19-30-39-32-25)18-21(3)24(12-10-2)31-26-22(4)36(20-29(5,6)7)28(38)33(26)8/h10-13,18-19H,3,9,14-17,20H2,1-2,4-8H3/b12-10-,13-11-,23-18+,31-24?. The highest BCUT2D eigenvalue weighted by atomic mass is 16.6. The molecule has 10 nitrogen and oxygen atoms in total. The van der Waals surface area contributed by atoms with Crippen LogP contribution in [0.3, 0.4) is 0 Å². The van der Waals surface area contributed by atoms with E-state index in [9.17, 15) is 9.59 Å². The van der Waals surface area contributed by atoms with Crippen LogP contribution in [0.4, 0.5) is 5.82 Å². The van der Waals surface area contributed by atoms with E-state index < -0.39 is 0 Å². The third-order valence-corrected chi connectivity index (χ3v) is 6.44. The summed E-state index contributed by atoms with van der Waals surface area (Å²) in [5, 5.41) is 7.20. The van der Waals surface area contributed by atoms with Crippen LogP contribution in [-0.2, 0) is 13.6 Å². The largest absolute Gasteiger partial charge is 0.368 e. The van der Waals surface area contributed by atoms with Gasteiger partial charge in [-0.15, -0.1) is 0 Å². The van der Waals surface area contributed by atoms with Crippen molar-refractivity contribution in [3.05, 3.63) is 76.3 Å². The lowest BCUT2D eigenvalue weighted by Gasteiger charge is -2.36. The van der Waals surface area contributed by atoms with E-state index in [0.29, 0.717) is 44.3 Å². The van der Waals surface area contributed by atoms with Crippen molar-refractivity contribution in [3.63, 3.8) is 0 Å². The Morgan fingerprint density at radius 3 is 2.41 bits per heavy atom. The van der Waals surface area contributed by atoms with Gasteiger partial charge in [0.05, 0.1) is 11.4 Å². The van der Waals surface area contributed by atoms with E-state index in [2.05, 4.69) is 66.3 Å². The highest BCUT2D eigenvalue weighted by Gasteiger charge is 2.25. The summed E-state index contributed by atoms with van der Waals surface area (Å²) in [5.41, 5.74) is 3.31. The first-order valence-electron chi connectivity index (χ1n) is 13.3. The number of hydrogen-bond acceptors (Lipinski definition) is 7. The van der Waals surface area contributed by atoms with Crippen LogP contribution in [0.2, 0.25) is 0 Å². The predicted molar refractivity (Wildman–Crippen MR) is 154 cm³/mol. The maximum atomic E-state index is 13.0. The molecule has 0 unspecified atom stereocenters. The Kier molecular flexibility index (Phi) is 9.66. The SMILES string of the molecule is C=C(/C=C(\C=C/CC)N1CCN(C(=O)c2cnon2)CC1)C(/C=C\C)=Nc1c(C)n(CC(C)(C)C)c(=O)n1C. The van der Waals surface area contributed by atoms with Crippen LogP contribution in [0.5, 0.6) is 0 Å². The number of imidazole rings is 1. The fourth-order valence-electron chi connectivity index (χ4n) is 4.41. The number of hydrogen-bond donors (Lipinski definition) is 0. The first-order valence-corrected chi connectivity index (χ1v) is 13.3. The highest BCUT2D eigenvalue weighted by molar-refractivity contribution is 6.11. The molecule has 0 atom stereocenters. The monoisotopic (exact) mass is 535 g/mol. The van der Waals surface area contributed by atoms with Gasteiger partial charge in [0.25, 0.3) is 5.91 Å². The normalized spacial score (nSPS) is 15.7. The van der Waals surface area contributed by atoms with Gasteiger partial charge >= 0.3 is 5.69 Å². The lowest BCUT2D eigenvalue weighted by molar-refractivity contribution is 0.0661. The Morgan fingerprint density at radius 1 is 1.18 bits per heavy atom. The van der Waals surface area contributed by atoms with E-state index in [-0.39, 0.29) is 22.7 Å². The topological polar surface area (TPSA) is 102 Å². The molecular weight excluding hydrogens is 494 g/mol. The van der Waals surface area contributed by atoms with E-state index in [1.54, 1.807) is 21.1 Å². The Balaban J connectivity index is 1.89. The van der Waals surface area contributed by atoms with Crippen molar-refractivity contribution in [1.29, 1.82) is 0 Å². The summed E-state index contributed by atoms with van der Waals surface area (Å²) in [4.78, 5) is 34.5. The second kappa shape index (κ2) is 12.7. The summed E-state index contributed by atoms with van der Waals surface area (Å²) in [6, 6.07) is 0. The third-order valence-electron chi connectivity index (χ3n) is 6.44. The molecule has 1 saturated heterocycles. The van der Waals surface area contributed by atoms with Crippen LogP contribution in [0.15, 0.2) is 68.8 Å². The quantitative estimate of drug-likeness (QED) is 0.348. The molecule has 39 heavy (non-hydrogen) atoms. The second-order valence-corrected chi connectivity index (χ2v) is 10.9. The average Bonchev–Trinajstić information content (AvgIpc) is 3.50. The molecule has 0 saturated carbocycles. The van der Waals surface area contributed by atoms with Crippen molar-refractivity contribution in [3.8, 4) is 0 Å². The minimum absolute atomic E-state index is 0.0452. The number of piperazine rings is 1. The van der Waals surface area contributed by atoms with Crippen LogP contribution in [0, 0.1) is 12.3 Å². The maximum absolute atomic E-state index is 13.0. The number of nitrogens with zero attached hydrogens (tertiary/aromatic N) is 7. The predicted octanol–water partition coefficient (Wildman–Crippen LogP) is 4.44. The van der Waals surface area contributed by atoms with Gasteiger partial charge in [0.2, 0.25) is 0 Å². The molecule has 1 fully saturated rings. The summed E-state index contributed by atoms with van der Waals surface area (Å²) in [6.07, 6.45) is 12.3. The molecule has 2 aromatic rings. The van der Waals surface area contributed by atoms with Crippen molar-refractivity contribution < 1.29 is 9.42 Å². The van der Waals surface area contributed by atoms with Crippen LogP contribution in [0.1, 0.15) is 57.2 Å². The number of carbonyl (C=O) groups is 1. The number of rotatable bonds is 9.